The molecule has 1 atom stereocenters. The van der Waals surface area contributed by atoms with Crippen LogP contribution in [-0.2, 0) is 11.3 Å². The van der Waals surface area contributed by atoms with E-state index in [1.807, 2.05) is 30.3 Å². The van der Waals surface area contributed by atoms with Crippen LogP contribution in [0.2, 0.25) is 0 Å². The summed E-state index contributed by atoms with van der Waals surface area (Å²) in [7, 11) is 0. The molecule has 110 valence electrons. The van der Waals surface area contributed by atoms with E-state index in [9.17, 15) is 4.79 Å². The molecule has 1 fully saturated rings. The van der Waals surface area contributed by atoms with Crippen LogP contribution in [0.1, 0.15) is 25.2 Å². The van der Waals surface area contributed by atoms with Gasteiger partial charge in [-0.15, -0.1) is 0 Å². The van der Waals surface area contributed by atoms with Gasteiger partial charge in [0.25, 0.3) is 0 Å². The molecule has 1 unspecified atom stereocenters. The largest absolute Gasteiger partial charge is 0.481 e. The molecule has 2 heterocycles. The van der Waals surface area contributed by atoms with Gasteiger partial charge in [0.05, 0.1) is 13.0 Å². The van der Waals surface area contributed by atoms with E-state index in [1.165, 1.54) is 0 Å². The Morgan fingerprint density at radius 3 is 2.95 bits per heavy atom. The third kappa shape index (κ3) is 3.28. The number of hydrogen-bond donors (Lipinski definition) is 1. The Labute approximate surface area is 122 Å². The molecule has 1 aliphatic rings. The van der Waals surface area contributed by atoms with Gasteiger partial charge in [-0.2, -0.15) is 4.98 Å². The number of carboxylic acids is 1. The number of rotatable bonds is 5. The van der Waals surface area contributed by atoms with Crippen LogP contribution in [-0.4, -0.2) is 38.7 Å². The predicted molar refractivity (Wildman–Crippen MR) is 75.4 cm³/mol. The van der Waals surface area contributed by atoms with Gasteiger partial charge in [0.2, 0.25) is 11.7 Å². The monoisotopic (exact) mass is 287 g/mol. The second kappa shape index (κ2) is 6.05. The molecule has 21 heavy (non-hydrogen) atoms. The number of benzene rings is 1. The second-order valence-corrected chi connectivity index (χ2v) is 5.24. The van der Waals surface area contributed by atoms with Gasteiger partial charge in [0, 0.05) is 11.6 Å². The number of aromatic nitrogens is 2. The molecular weight excluding hydrogens is 270 g/mol. The highest BCUT2D eigenvalue weighted by atomic mass is 16.5. The molecule has 1 aromatic carbocycles. The molecule has 1 saturated heterocycles. The zero-order valence-corrected chi connectivity index (χ0v) is 11.6. The first-order valence-corrected chi connectivity index (χ1v) is 7.06. The summed E-state index contributed by atoms with van der Waals surface area (Å²) in [6.07, 6.45) is 2.09. The molecule has 0 spiro atoms. The molecule has 0 aliphatic carbocycles. The van der Waals surface area contributed by atoms with Crippen molar-refractivity contribution < 1.29 is 14.4 Å². The number of aliphatic carboxylic acids is 1. The zero-order chi connectivity index (χ0) is 14.7. The summed E-state index contributed by atoms with van der Waals surface area (Å²) in [6.45, 7) is 1.39. The molecule has 0 amide bonds. The standard InChI is InChI=1S/C15H17N3O3/c19-14(20)9-12-7-4-8-18(12)10-13-16-15(17-21-13)11-5-2-1-3-6-11/h1-3,5-6,12H,4,7-10H2,(H,19,20). The third-order valence-corrected chi connectivity index (χ3v) is 3.75. The van der Waals surface area contributed by atoms with E-state index in [0.29, 0.717) is 18.3 Å². The molecule has 6 nitrogen and oxygen atoms in total. The number of likely N-dealkylation sites (tertiary alicyclic amines) is 1. The molecule has 2 aromatic rings. The van der Waals surface area contributed by atoms with Gasteiger partial charge in [-0.3, -0.25) is 9.69 Å². The number of hydrogen-bond acceptors (Lipinski definition) is 5. The van der Waals surface area contributed by atoms with Crippen LogP contribution in [0.15, 0.2) is 34.9 Å². The molecule has 1 aromatic heterocycles. The first-order chi connectivity index (χ1) is 10.2. The van der Waals surface area contributed by atoms with Gasteiger partial charge in [-0.1, -0.05) is 35.5 Å². The fourth-order valence-electron chi connectivity index (χ4n) is 2.73. The van der Waals surface area contributed by atoms with Crippen LogP contribution in [0.25, 0.3) is 11.4 Å². The molecule has 0 bridgehead atoms. The predicted octanol–water partition coefficient (Wildman–Crippen LogP) is 2.18. The van der Waals surface area contributed by atoms with E-state index >= 15 is 0 Å². The highest BCUT2D eigenvalue weighted by molar-refractivity contribution is 5.67. The Morgan fingerprint density at radius 2 is 2.19 bits per heavy atom. The topological polar surface area (TPSA) is 79.5 Å². The molecule has 0 radical (unpaired) electrons. The zero-order valence-electron chi connectivity index (χ0n) is 11.6. The van der Waals surface area contributed by atoms with Gasteiger partial charge >= 0.3 is 5.97 Å². The van der Waals surface area contributed by atoms with E-state index in [2.05, 4.69) is 15.0 Å². The van der Waals surface area contributed by atoms with Crippen molar-refractivity contribution in [2.75, 3.05) is 6.54 Å². The molecular formula is C15H17N3O3. The smallest absolute Gasteiger partial charge is 0.304 e. The fourth-order valence-corrected chi connectivity index (χ4v) is 2.73. The average molecular weight is 287 g/mol. The van der Waals surface area contributed by atoms with Crippen molar-refractivity contribution >= 4 is 5.97 Å². The van der Waals surface area contributed by atoms with E-state index in [4.69, 9.17) is 9.63 Å². The van der Waals surface area contributed by atoms with Crippen molar-refractivity contribution in [3.05, 3.63) is 36.2 Å². The summed E-state index contributed by atoms with van der Waals surface area (Å²) in [5, 5.41) is 12.9. The average Bonchev–Trinajstić information content (AvgIpc) is 3.10. The van der Waals surface area contributed by atoms with Crippen molar-refractivity contribution in [1.82, 2.24) is 15.0 Å². The van der Waals surface area contributed by atoms with E-state index in [1.54, 1.807) is 0 Å². The van der Waals surface area contributed by atoms with Crippen LogP contribution >= 0.6 is 0 Å². The quantitative estimate of drug-likeness (QED) is 0.908. The summed E-state index contributed by atoms with van der Waals surface area (Å²) in [5.74, 6) is 0.341. The Hall–Kier alpha value is -2.21. The molecule has 3 rings (SSSR count). The van der Waals surface area contributed by atoms with Crippen molar-refractivity contribution in [3.8, 4) is 11.4 Å². The lowest BCUT2D eigenvalue weighted by Gasteiger charge is -2.20. The third-order valence-electron chi connectivity index (χ3n) is 3.75. The fraction of sp³-hybridized carbons (Fsp3) is 0.400. The van der Waals surface area contributed by atoms with Gasteiger partial charge in [0.15, 0.2) is 0 Å². The Bertz CT molecular complexity index is 612. The summed E-state index contributed by atoms with van der Waals surface area (Å²) < 4.78 is 5.28. The van der Waals surface area contributed by atoms with Gasteiger partial charge in [-0.05, 0) is 19.4 Å². The Morgan fingerprint density at radius 1 is 1.38 bits per heavy atom. The summed E-state index contributed by atoms with van der Waals surface area (Å²) in [5.41, 5.74) is 0.913. The molecule has 1 aliphatic heterocycles. The lowest BCUT2D eigenvalue weighted by molar-refractivity contribution is -0.138. The lowest BCUT2D eigenvalue weighted by atomic mass is 10.1. The van der Waals surface area contributed by atoms with Crippen LogP contribution in [0.5, 0.6) is 0 Å². The van der Waals surface area contributed by atoms with Crippen LogP contribution in [0.3, 0.4) is 0 Å². The summed E-state index contributed by atoms with van der Waals surface area (Å²) in [6, 6.07) is 9.71. The highest BCUT2D eigenvalue weighted by Gasteiger charge is 2.28. The first kappa shape index (κ1) is 13.8. The maximum absolute atomic E-state index is 10.9. The number of nitrogens with zero attached hydrogens (tertiary/aromatic N) is 3. The minimum Gasteiger partial charge on any atom is -0.481 e. The van der Waals surface area contributed by atoms with Gasteiger partial charge < -0.3 is 9.63 Å². The Kier molecular flexibility index (Phi) is 3.96. The van der Waals surface area contributed by atoms with E-state index < -0.39 is 5.97 Å². The maximum Gasteiger partial charge on any atom is 0.304 e. The van der Waals surface area contributed by atoms with Gasteiger partial charge in [-0.25, -0.2) is 0 Å². The van der Waals surface area contributed by atoms with Crippen molar-refractivity contribution in [1.29, 1.82) is 0 Å². The van der Waals surface area contributed by atoms with Crippen LogP contribution in [0.4, 0.5) is 0 Å². The maximum atomic E-state index is 10.9. The Balaban J connectivity index is 1.68. The molecule has 6 heteroatoms. The van der Waals surface area contributed by atoms with Crippen LogP contribution < -0.4 is 0 Å². The SMILES string of the molecule is O=C(O)CC1CCCN1Cc1nc(-c2ccccc2)no1. The van der Waals surface area contributed by atoms with Crippen molar-refractivity contribution in [3.63, 3.8) is 0 Å². The number of carboxylic acid groups (broad SMARTS) is 1. The summed E-state index contributed by atoms with van der Waals surface area (Å²) >= 11 is 0. The minimum absolute atomic E-state index is 0.0644. The van der Waals surface area contributed by atoms with Gasteiger partial charge in [0.1, 0.15) is 0 Å². The summed E-state index contributed by atoms with van der Waals surface area (Å²) in [4.78, 5) is 17.4. The van der Waals surface area contributed by atoms with E-state index in [0.717, 1.165) is 24.9 Å². The number of carbonyl (C=O) groups is 1. The normalized spacial score (nSPS) is 19.0. The first-order valence-electron chi connectivity index (χ1n) is 7.06. The van der Waals surface area contributed by atoms with Crippen molar-refractivity contribution in [2.24, 2.45) is 0 Å². The molecule has 1 N–H and O–H groups in total. The second-order valence-electron chi connectivity index (χ2n) is 5.24. The highest BCUT2D eigenvalue weighted by Crippen LogP contribution is 2.23. The minimum atomic E-state index is -0.762. The van der Waals surface area contributed by atoms with E-state index in [-0.39, 0.29) is 12.5 Å². The molecule has 0 saturated carbocycles. The van der Waals surface area contributed by atoms with Crippen LogP contribution in [0, 0.1) is 0 Å². The van der Waals surface area contributed by atoms with Crippen molar-refractivity contribution in [2.45, 2.75) is 31.8 Å². The lowest BCUT2D eigenvalue weighted by Crippen LogP contribution is -2.30.